The molecule has 1 aromatic rings. The van der Waals surface area contributed by atoms with Gasteiger partial charge in [0, 0.05) is 28.3 Å². The van der Waals surface area contributed by atoms with Crippen LogP contribution in [0.2, 0.25) is 0 Å². The molecular weight excluding hydrogens is 304 g/mol. The Hall–Kier alpha value is -2.02. The van der Waals surface area contributed by atoms with Gasteiger partial charge >= 0.3 is 0 Å². The number of carbonyl (C=O) groups excluding carboxylic acids is 2. The molecule has 92 valence electrons. The molecule has 0 N–H and O–H groups in total. The highest BCUT2D eigenvalue weighted by Crippen LogP contribution is 2.33. The summed E-state index contributed by atoms with van der Waals surface area (Å²) in [5.74, 6) is -0.972. The maximum Gasteiger partial charge on any atom is 0.271 e. The van der Waals surface area contributed by atoms with E-state index in [9.17, 15) is 19.7 Å². The van der Waals surface area contributed by atoms with E-state index in [0.717, 1.165) is 4.90 Å². The first-order chi connectivity index (χ1) is 8.41. The van der Waals surface area contributed by atoms with Crippen molar-refractivity contribution in [1.82, 2.24) is 0 Å². The van der Waals surface area contributed by atoms with E-state index in [1.807, 2.05) is 0 Å². The lowest BCUT2D eigenvalue weighted by Gasteiger charge is -2.15. The van der Waals surface area contributed by atoms with Gasteiger partial charge in [-0.15, -0.1) is 0 Å². The number of imide groups is 1. The van der Waals surface area contributed by atoms with Crippen LogP contribution in [0.1, 0.15) is 6.92 Å². The highest BCUT2D eigenvalue weighted by atomic mass is 79.9. The monoisotopic (exact) mass is 310 g/mol. The van der Waals surface area contributed by atoms with E-state index >= 15 is 0 Å². The average Bonchev–Trinajstić information content (AvgIpc) is 2.54. The fourth-order valence-electron chi connectivity index (χ4n) is 1.60. The van der Waals surface area contributed by atoms with Crippen LogP contribution >= 0.6 is 15.9 Å². The number of anilines is 1. The molecule has 0 radical (unpaired) electrons. The summed E-state index contributed by atoms with van der Waals surface area (Å²) in [4.78, 5) is 34.5. The van der Waals surface area contributed by atoms with Crippen molar-refractivity contribution in [3.8, 4) is 0 Å². The van der Waals surface area contributed by atoms with E-state index in [4.69, 9.17) is 0 Å². The molecule has 0 spiro atoms. The smallest absolute Gasteiger partial charge is 0.269 e. The lowest BCUT2D eigenvalue weighted by molar-refractivity contribution is -0.384. The molecule has 18 heavy (non-hydrogen) atoms. The molecule has 0 aromatic heterocycles. The van der Waals surface area contributed by atoms with E-state index in [-0.39, 0.29) is 11.4 Å². The Bertz CT molecular complexity index is 609. The molecule has 0 aliphatic carbocycles. The second-order valence-corrected chi connectivity index (χ2v) is 4.55. The highest BCUT2D eigenvalue weighted by Gasteiger charge is 2.32. The zero-order valence-corrected chi connectivity index (χ0v) is 10.8. The molecule has 0 bridgehead atoms. The number of nitrogens with zero attached hydrogens (tertiary/aromatic N) is 2. The van der Waals surface area contributed by atoms with Crippen LogP contribution in [0.3, 0.4) is 0 Å². The molecule has 0 atom stereocenters. The number of carbonyl (C=O) groups is 2. The SMILES string of the molecule is CC1=CC(=O)N(c2cc([N+](=O)[O-])ccc2Br)C1=O. The summed E-state index contributed by atoms with van der Waals surface area (Å²) in [6.07, 6.45) is 1.20. The number of amides is 2. The first kappa shape index (κ1) is 12.4. The van der Waals surface area contributed by atoms with Crippen molar-refractivity contribution in [1.29, 1.82) is 0 Å². The Kier molecular flexibility index (Phi) is 3.00. The van der Waals surface area contributed by atoms with Crippen molar-refractivity contribution in [3.05, 3.63) is 44.4 Å². The van der Waals surface area contributed by atoms with Gasteiger partial charge in [-0.1, -0.05) is 0 Å². The number of hydrogen-bond acceptors (Lipinski definition) is 4. The summed E-state index contributed by atoms with van der Waals surface area (Å²) in [7, 11) is 0. The summed E-state index contributed by atoms with van der Waals surface area (Å²) >= 11 is 3.17. The van der Waals surface area contributed by atoms with Crippen LogP contribution in [0, 0.1) is 10.1 Å². The summed E-state index contributed by atoms with van der Waals surface area (Å²) in [6.45, 7) is 1.52. The van der Waals surface area contributed by atoms with Crippen molar-refractivity contribution in [3.63, 3.8) is 0 Å². The number of rotatable bonds is 2. The van der Waals surface area contributed by atoms with Crippen LogP contribution in [0.4, 0.5) is 11.4 Å². The predicted molar refractivity (Wildman–Crippen MR) is 67.0 cm³/mol. The van der Waals surface area contributed by atoms with Gasteiger partial charge in [0.25, 0.3) is 17.5 Å². The molecule has 7 heteroatoms. The summed E-state index contributed by atoms with van der Waals surface area (Å²) in [5, 5.41) is 10.7. The highest BCUT2D eigenvalue weighted by molar-refractivity contribution is 9.10. The average molecular weight is 311 g/mol. The number of halogens is 1. The van der Waals surface area contributed by atoms with Crippen LogP contribution in [-0.2, 0) is 9.59 Å². The number of nitro groups is 1. The van der Waals surface area contributed by atoms with Crippen LogP contribution in [0.25, 0.3) is 0 Å². The lowest BCUT2D eigenvalue weighted by Crippen LogP contribution is -2.30. The second kappa shape index (κ2) is 4.34. The number of non-ortho nitro benzene ring substituents is 1. The van der Waals surface area contributed by atoms with Gasteiger partial charge in [0.2, 0.25) is 0 Å². The molecular formula is C11H7BrN2O4. The molecule has 6 nitrogen and oxygen atoms in total. The molecule has 1 aliphatic heterocycles. The zero-order chi connectivity index (χ0) is 13.4. The van der Waals surface area contributed by atoms with Crippen LogP contribution in [-0.4, -0.2) is 16.7 Å². The number of hydrogen-bond donors (Lipinski definition) is 0. The number of benzene rings is 1. The van der Waals surface area contributed by atoms with Gasteiger partial charge in [0.05, 0.1) is 10.6 Å². The fraction of sp³-hybridized carbons (Fsp3) is 0.0909. The molecule has 1 heterocycles. The minimum Gasteiger partial charge on any atom is -0.269 e. The lowest BCUT2D eigenvalue weighted by atomic mass is 10.2. The summed E-state index contributed by atoms with van der Waals surface area (Å²) < 4.78 is 0.443. The Morgan fingerprint density at radius 1 is 1.33 bits per heavy atom. The minimum atomic E-state index is -0.582. The van der Waals surface area contributed by atoms with Gasteiger partial charge in [-0.05, 0) is 28.9 Å². The molecule has 0 fully saturated rings. The van der Waals surface area contributed by atoms with Gasteiger partial charge in [-0.25, -0.2) is 4.90 Å². The Morgan fingerprint density at radius 3 is 2.50 bits per heavy atom. The Labute approximate surface area is 110 Å². The maximum atomic E-state index is 11.8. The van der Waals surface area contributed by atoms with Crippen molar-refractivity contribution in [2.75, 3.05) is 4.90 Å². The third-order valence-electron chi connectivity index (χ3n) is 2.48. The fourth-order valence-corrected chi connectivity index (χ4v) is 2.03. The van der Waals surface area contributed by atoms with Gasteiger partial charge in [-0.3, -0.25) is 19.7 Å². The first-order valence-electron chi connectivity index (χ1n) is 4.92. The van der Waals surface area contributed by atoms with Crippen molar-refractivity contribution in [2.24, 2.45) is 0 Å². The van der Waals surface area contributed by atoms with Gasteiger partial charge in [0.1, 0.15) is 0 Å². The molecule has 1 aromatic carbocycles. The van der Waals surface area contributed by atoms with E-state index in [0.29, 0.717) is 10.0 Å². The molecule has 2 rings (SSSR count). The molecule has 2 amide bonds. The van der Waals surface area contributed by atoms with Crippen LogP contribution in [0.5, 0.6) is 0 Å². The Morgan fingerprint density at radius 2 is 2.00 bits per heavy atom. The molecule has 0 unspecified atom stereocenters. The third-order valence-corrected chi connectivity index (χ3v) is 3.15. The van der Waals surface area contributed by atoms with E-state index < -0.39 is 16.7 Å². The van der Waals surface area contributed by atoms with Crippen molar-refractivity contribution >= 4 is 39.1 Å². The zero-order valence-electron chi connectivity index (χ0n) is 9.21. The normalized spacial score (nSPS) is 15.0. The molecule has 0 saturated heterocycles. The third kappa shape index (κ3) is 1.92. The predicted octanol–water partition coefficient (Wildman–Crippen LogP) is 2.18. The first-order valence-corrected chi connectivity index (χ1v) is 5.72. The van der Waals surface area contributed by atoms with Gasteiger partial charge in [-0.2, -0.15) is 0 Å². The van der Waals surface area contributed by atoms with E-state index in [1.165, 1.54) is 31.2 Å². The molecule has 1 aliphatic rings. The van der Waals surface area contributed by atoms with Crippen LogP contribution in [0.15, 0.2) is 34.3 Å². The van der Waals surface area contributed by atoms with E-state index in [1.54, 1.807) is 0 Å². The standard InChI is InChI=1S/C11H7BrN2O4/c1-6-4-10(15)13(11(6)16)9-5-7(14(17)18)2-3-8(9)12/h2-5H,1H3. The van der Waals surface area contributed by atoms with Gasteiger partial charge in [0.15, 0.2) is 0 Å². The van der Waals surface area contributed by atoms with Crippen molar-refractivity contribution < 1.29 is 14.5 Å². The van der Waals surface area contributed by atoms with Crippen LogP contribution < -0.4 is 4.90 Å². The minimum absolute atomic E-state index is 0.173. The maximum absolute atomic E-state index is 11.8. The summed E-state index contributed by atoms with van der Waals surface area (Å²) in [5.41, 5.74) is 0.295. The summed E-state index contributed by atoms with van der Waals surface area (Å²) in [6, 6.07) is 3.91. The quantitative estimate of drug-likeness (QED) is 0.476. The Balaban J connectivity index is 2.52. The largest absolute Gasteiger partial charge is 0.271 e. The topological polar surface area (TPSA) is 80.5 Å². The number of nitro benzene ring substituents is 1. The van der Waals surface area contributed by atoms with E-state index in [2.05, 4.69) is 15.9 Å². The van der Waals surface area contributed by atoms with Gasteiger partial charge < -0.3 is 0 Å². The second-order valence-electron chi connectivity index (χ2n) is 3.70. The molecule has 0 saturated carbocycles. The van der Waals surface area contributed by atoms with Crippen molar-refractivity contribution in [2.45, 2.75) is 6.92 Å².